The molecule has 0 bridgehead atoms. The fraction of sp³-hybridized carbons (Fsp3) is 0.235. The number of thioether (sulfide) groups is 2. The summed E-state index contributed by atoms with van der Waals surface area (Å²) in [6, 6.07) is 16.5. The van der Waals surface area contributed by atoms with Gasteiger partial charge in [0.2, 0.25) is 11.8 Å². The van der Waals surface area contributed by atoms with Gasteiger partial charge >= 0.3 is 11.9 Å². The van der Waals surface area contributed by atoms with Crippen molar-refractivity contribution >= 4 is 53.2 Å². The number of nitrogens with zero attached hydrogens (tertiary/aromatic N) is 5. The molecule has 262 valence electrons. The number of pyridine rings is 1. The molecule has 6 rings (SSSR count). The highest BCUT2D eigenvalue weighted by Gasteiger charge is 2.54. The van der Waals surface area contributed by atoms with Gasteiger partial charge in [-0.25, -0.2) is 9.78 Å². The molecule has 2 aromatic heterocycles. The van der Waals surface area contributed by atoms with Gasteiger partial charge in [0.25, 0.3) is 11.8 Å². The quantitative estimate of drug-likeness (QED) is 0.105. The Morgan fingerprint density at radius 2 is 1.75 bits per heavy atom. The zero-order chi connectivity index (χ0) is 36.4. The summed E-state index contributed by atoms with van der Waals surface area (Å²) in [7, 11) is 1.61. The van der Waals surface area contributed by atoms with E-state index in [4.69, 9.17) is 5.11 Å². The summed E-state index contributed by atoms with van der Waals surface area (Å²) >= 11 is 2.44. The second-order valence-electron chi connectivity index (χ2n) is 11.7. The zero-order valence-corrected chi connectivity index (χ0v) is 28.8. The third-order valence-corrected chi connectivity index (χ3v) is 10.7. The number of carboxylic acid groups (broad SMARTS) is 2. The highest BCUT2D eigenvalue weighted by Crippen LogP contribution is 2.41. The van der Waals surface area contributed by atoms with Gasteiger partial charge in [0.15, 0.2) is 5.16 Å². The number of hydrogen-bond donors (Lipinski definition) is 5. The number of β-lactam (4-membered cyclic amide) rings is 1. The number of rotatable bonds is 12. The van der Waals surface area contributed by atoms with Crippen LogP contribution in [0.2, 0.25) is 0 Å². The van der Waals surface area contributed by atoms with Crippen LogP contribution in [0.25, 0.3) is 11.3 Å². The monoisotopic (exact) mass is 729 g/mol. The van der Waals surface area contributed by atoms with E-state index in [-0.39, 0.29) is 35.0 Å². The lowest BCUT2D eigenvalue weighted by atomic mass is 10.0. The molecule has 4 aromatic rings. The van der Waals surface area contributed by atoms with Crippen molar-refractivity contribution in [3.8, 4) is 17.1 Å². The van der Waals surface area contributed by atoms with Gasteiger partial charge in [-0.3, -0.25) is 24.1 Å². The van der Waals surface area contributed by atoms with E-state index in [0.29, 0.717) is 22.0 Å². The first kappa shape index (κ1) is 35.2. The molecule has 0 spiro atoms. The minimum atomic E-state index is -1.31. The van der Waals surface area contributed by atoms with Crippen LogP contribution < -0.4 is 10.6 Å². The van der Waals surface area contributed by atoms with Crippen molar-refractivity contribution in [3.05, 3.63) is 101 Å². The van der Waals surface area contributed by atoms with Crippen molar-refractivity contribution in [1.29, 1.82) is 0 Å². The Balaban J connectivity index is 1.16. The van der Waals surface area contributed by atoms with Crippen molar-refractivity contribution in [2.75, 3.05) is 11.5 Å². The number of aliphatic carboxylic acids is 2. The lowest BCUT2D eigenvalue weighted by Gasteiger charge is -2.49. The summed E-state index contributed by atoms with van der Waals surface area (Å²) < 4.78 is 1.51. The predicted molar refractivity (Wildman–Crippen MR) is 185 cm³/mol. The van der Waals surface area contributed by atoms with E-state index in [1.165, 1.54) is 22.4 Å². The molecule has 1 fully saturated rings. The maximum atomic E-state index is 13.8. The van der Waals surface area contributed by atoms with Crippen molar-refractivity contribution in [1.82, 2.24) is 35.3 Å². The average molecular weight is 730 g/mol. The van der Waals surface area contributed by atoms with Crippen molar-refractivity contribution in [3.63, 3.8) is 0 Å². The number of nitrogens with one attached hydrogen (secondary N) is 2. The molecular formula is C34H31N7O8S2. The molecule has 1 saturated heterocycles. The summed E-state index contributed by atoms with van der Waals surface area (Å²) in [6.07, 6.45) is -0.323. The van der Waals surface area contributed by atoms with E-state index in [2.05, 4.69) is 25.8 Å². The van der Waals surface area contributed by atoms with Crippen molar-refractivity contribution in [2.24, 2.45) is 7.05 Å². The van der Waals surface area contributed by atoms with Gasteiger partial charge in [-0.1, -0.05) is 71.9 Å². The Labute approximate surface area is 299 Å². The first-order valence-electron chi connectivity index (χ1n) is 15.5. The van der Waals surface area contributed by atoms with Crippen LogP contribution in [-0.2, 0) is 32.6 Å². The van der Waals surface area contributed by atoms with Gasteiger partial charge in [0.1, 0.15) is 41.0 Å². The summed E-state index contributed by atoms with van der Waals surface area (Å²) in [5.41, 5.74) is 2.75. The average Bonchev–Trinajstić information content (AvgIpc) is 3.45. The first-order chi connectivity index (χ1) is 24.4. The highest BCUT2D eigenvalue weighted by atomic mass is 32.2. The van der Waals surface area contributed by atoms with Crippen LogP contribution in [0.3, 0.4) is 0 Å². The molecule has 3 atom stereocenters. The smallest absolute Gasteiger partial charge is 0.352 e. The number of aromatic nitrogens is 4. The molecule has 2 aromatic carbocycles. The minimum Gasteiger partial charge on any atom is -0.493 e. The van der Waals surface area contributed by atoms with Gasteiger partial charge in [0, 0.05) is 24.1 Å². The first-order valence-corrected chi connectivity index (χ1v) is 17.5. The molecule has 0 saturated carbocycles. The second kappa shape index (κ2) is 14.7. The molecule has 0 radical (unpaired) electrons. The Bertz CT molecular complexity index is 2070. The summed E-state index contributed by atoms with van der Waals surface area (Å²) in [5.74, 6) is -4.39. The van der Waals surface area contributed by atoms with Crippen LogP contribution in [0.4, 0.5) is 0 Å². The van der Waals surface area contributed by atoms with Crippen LogP contribution in [-0.4, -0.2) is 92.5 Å². The van der Waals surface area contributed by atoms with Crippen LogP contribution >= 0.6 is 23.5 Å². The van der Waals surface area contributed by atoms with Gasteiger partial charge in [-0.05, 0) is 30.2 Å². The number of hydrogen-bond acceptors (Lipinski definition) is 11. The zero-order valence-electron chi connectivity index (χ0n) is 27.1. The van der Waals surface area contributed by atoms with E-state index in [0.717, 1.165) is 27.8 Å². The lowest BCUT2D eigenvalue weighted by molar-refractivity contribution is -0.151. The van der Waals surface area contributed by atoms with E-state index in [9.17, 15) is 34.2 Å². The van der Waals surface area contributed by atoms with Crippen LogP contribution in [0.15, 0.2) is 83.2 Å². The predicted octanol–water partition coefficient (Wildman–Crippen LogP) is 2.52. The Hall–Kier alpha value is -5.68. The minimum absolute atomic E-state index is 0.150. The molecule has 0 aliphatic carbocycles. The lowest BCUT2D eigenvalue weighted by Crippen LogP contribution is -2.71. The fourth-order valence-corrected chi connectivity index (χ4v) is 8.02. The Kier molecular flexibility index (Phi) is 10.1. The van der Waals surface area contributed by atoms with E-state index < -0.39 is 53.0 Å². The van der Waals surface area contributed by atoms with Gasteiger partial charge in [0.05, 0.1) is 5.69 Å². The molecule has 2 aliphatic heterocycles. The SMILES string of the molecule is Cc1ccc(-c2ccc(C(=O)NC(C(=O)NC3C(=O)N4C(C(=O)O)=C(CSc5nnc(CC(=O)O)n5C)CS[C@@H]34)c3ccccc3)c(O)n2)cc1. The fourth-order valence-electron chi connectivity index (χ4n) is 5.61. The molecule has 15 nitrogen and oxygen atoms in total. The molecule has 3 amide bonds. The van der Waals surface area contributed by atoms with Crippen LogP contribution in [0.5, 0.6) is 5.88 Å². The van der Waals surface area contributed by atoms with Crippen LogP contribution in [0, 0.1) is 6.92 Å². The van der Waals surface area contributed by atoms with Gasteiger partial charge in [-0.2, -0.15) is 0 Å². The number of fused-ring (bicyclic) bond motifs is 1. The summed E-state index contributed by atoms with van der Waals surface area (Å²) in [6.45, 7) is 1.94. The largest absolute Gasteiger partial charge is 0.493 e. The van der Waals surface area contributed by atoms with Gasteiger partial charge < -0.3 is 30.5 Å². The number of aromatic hydroxyl groups is 1. The van der Waals surface area contributed by atoms with Gasteiger partial charge in [-0.15, -0.1) is 22.0 Å². The van der Waals surface area contributed by atoms with E-state index >= 15 is 0 Å². The maximum absolute atomic E-state index is 13.8. The molecule has 2 unspecified atom stereocenters. The van der Waals surface area contributed by atoms with E-state index in [1.54, 1.807) is 43.4 Å². The summed E-state index contributed by atoms with van der Waals surface area (Å²) in [4.78, 5) is 69.4. The van der Waals surface area contributed by atoms with Crippen molar-refractivity contribution < 1.29 is 39.3 Å². The molecule has 2 aliphatic rings. The number of amides is 3. The number of carboxylic acids is 2. The standard InChI is InChI=1S/C34H31N7O8S2/c1-17-8-10-18(11-9-17)22-13-12-21(28(44)35-22)29(45)36-25(19-6-4-3-5-7-19)30(46)37-26-31(47)41-27(33(48)49)20(15-50-32(26)41)16-51-34-39-38-23(40(34)2)14-24(42)43/h3-13,25-26,32H,14-16H2,1-2H3,(H,35,44)(H,36,45)(H,37,46)(H,42,43)(H,48,49)/t25?,26?,32-/m0/s1. The molecular weight excluding hydrogens is 699 g/mol. The third kappa shape index (κ3) is 7.29. The van der Waals surface area contributed by atoms with Crippen LogP contribution in [0.1, 0.15) is 33.4 Å². The van der Waals surface area contributed by atoms with E-state index in [1.807, 2.05) is 31.2 Å². The number of aryl methyl sites for hydroxylation is 1. The molecule has 5 N–H and O–H groups in total. The normalized spacial score (nSPS) is 17.3. The molecule has 4 heterocycles. The maximum Gasteiger partial charge on any atom is 0.352 e. The Morgan fingerprint density at radius 3 is 2.41 bits per heavy atom. The Morgan fingerprint density at radius 1 is 1.02 bits per heavy atom. The number of benzene rings is 2. The second-order valence-corrected chi connectivity index (χ2v) is 13.8. The third-order valence-electron chi connectivity index (χ3n) is 8.30. The number of carbonyl (C=O) groups is 5. The topological polar surface area (TPSA) is 217 Å². The number of carbonyl (C=O) groups excluding carboxylic acids is 3. The molecule has 17 heteroatoms. The highest BCUT2D eigenvalue weighted by molar-refractivity contribution is 8.01. The van der Waals surface area contributed by atoms with Crippen molar-refractivity contribution in [2.45, 2.75) is 36.0 Å². The molecule has 51 heavy (non-hydrogen) atoms. The summed E-state index contributed by atoms with van der Waals surface area (Å²) in [5, 5.41) is 42.7.